The molecule has 1 aliphatic heterocycles. The average molecular weight is 525 g/mol. The van der Waals surface area contributed by atoms with Gasteiger partial charge in [-0.05, 0) is 69.8 Å². The van der Waals surface area contributed by atoms with Gasteiger partial charge in [0.05, 0.1) is 18.6 Å². The number of nitrogens with zero attached hydrogens (tertiary/aromatic N) is 3. The molecule has 2 atom stereocenters. The zero-order chi connectivity index (χ0) is 26.3. The summed E-state index contributed by atoms with van der Waals surface area (Å²) in [7, 11) is 2.12. The third-order valence-corrected chi connectivity index (χ3v) is 9.39. The number of ether oxygens (including phenoxy) is 2. The molecule has 1 saturated carbocycles. The lowest BCUT2D eigenvalue weighted by molar-refractivity contribution is -0.137. The molecular formula is C26H44N4O5S. The number of nitrogens with one attached hydrogen (secondary N) is 1. The van der Waals surface area contributed by atoms with E-state index in [2.05, 4.69) is 22.2 Å². The fourth-order valence-electron chi connectivity index (χ4n) is 5.42. The smallest absolute Gasteiger partial charge is 0.248 e. The lowest BCUT2D eigenvalue weighted by Crippen LogP contribution is -2.52. The average Bonchev–Trinajstić information content (AvgIpc) is 2.85. The summed E-state index contributed by atoms with van der Waals surface area (Å²) in [6.45, 7) is 8.60. The fourth-order valence-corrected chi connectivity index (χ4v) is 7.07. The first-order valence-electron chi connectivity index (χ1n) is 13.0. The number of aryl methyl sites for hydroxylation is 2. The van der Waals surface area contributed by atoms with Crippen molar-refractivity contribution in [2.45, 2.75) is 56.5 Å². The first-order valence-corrected chi connectivity index (χ1v) is 14.6. The second-order valence-corrected chi connectivity index (χ2v) is 12.1. The van der Waals surface area contributed by atoms with Gasteiger partial charge in [0.25, 0.3) is 0 Å². The van der Waals surface area contributed by atoms with E-state index < -0.39 is 9.84 Å². The van der Waals surface area contributed by atoms with Crippen molar-refractivity contribution in [2.24, 2.45) is 0 Å². The summed E-state index contributed by atoms with van der Waals surface area (Å²) in [4.78, 5) is 19.9. The molecule has 1 aromatic carbocycles. The molecule has 1 aliphatic carbocycles. The van der Waals surface area contributed by atoms with Crippen molar-refractivity contribution >= 4 is 15.7 Å². The lowest BCUT2D eigenvalue weighted by atomic mass is 9.88. The van der Waals surface area contributed by atoms with Gasteiger partial charge in [0, 0.05) is 51.9 Å². The van der Waals surface area contributed by atoms with Crippen molar-refractivity contribution in [3.8, 4) is 5.75 Å². The van der Waals surface area contributed by atoms with Crippen LogP contribution in [0.5, 0.6) is 5.75 Å². The van der Waals surface area contributed by atoms with Crippen LogP contribution in [0.4, 0.5) is 0 Å². The summed E-state index contributed by atoms with van der Waals surface area (Å²) < 4.78 is 36.4. The molecule has 1 N–H and O–H groups in total. The van der Waals surface area contributed by atoms with Crippen LogP contribution in [0, 0.1) is 13.8 Å². The molecule has 3 rings (SSSR count). The van der Waals surface area contributed by atoms with E-state index in [1.54, 1.807) is 33.1 Å². The van der Waals surface area contributed by atoms with Gasteiger partial charge >= 0.3 is 0 Å². The SMILES string of the molecule is COc1cc(C)c(S(=O)(=O)CNCCOCC(=O)N(C)[C@H]2CCC[C@@H](N3CCN(C)CC3)C2)c(C)c1. The molecule has 2 aliphatic rings. The molecule has 0 aromatic heterocycles. The van der Waals surface area contributed by atoms with E-state index in [9.17, 15) is 13.2 Å². The number of carbonyl (C=O) groups excluding carboxylic acids is 1. The number of hydrogen-bond acceptors (Lipinski definition) is 8. The van der Waals surface area contributed by atoms with Crippen LogP contribution in [-0.4, -0.2) is 114 Å². The number of amides is 1. The topological polar surface area (TPSA) is 91.4 Å². The van der Waals surface area contributed by atoms with Crippen LogP contribution in [0.25, 0.3) is 0 Å². The Bertz CT molecular complexity index is 956. The van der Waals surface area contributed by atoms with Crippen LogP contribution in [0.1, 0.15) is 36.8 Å². The van der Waals surface area contributed by atoms with Crippen LogP contribution in [0.2, 0.25) is 0 Å². The molecule has 0 bridgehead atoms. The summed E-state index contributed by atoms with van der Waals surface area (Å²) in [5, 5.41) is 2.94. The summed E-state index contributed by atoms with van der Waals surface area (Å²) in [5.74, 6) is 0.438. The zero-order valence-corrected chi connectivity index (χ0v) is 23.4. The molecule has 1 aromatic rings. The maximum Gasteiger partial charge on any atom is 0.248 e. The number of carbonyl (C=O) groups is 1. The van der Waals surface area contributed by atoms with Crippen molar-refractivity contribution < 1.29 is 22.7 Å². The monoisotopic (exact) mass is 524 g/mol. The Morgan fingerprint density at radius 3 is 2.44 bits per heavy atom. The maximum atomic E-state index is 12.8. The second kappa shape index (κ2) is 13.2. The highest BCUT2D eigenvalue weighted by Crippen LogP contribution is 2.27. The number of hydrogen-bond donors (Lipinski definition) is 1. The number of sulfone groups is 1. The van der Waals surface area contributed by atoms with Crippen molar-refractivity contribution in [2.75, 3.05) is 73.0 Å². The quantitative estimate of drug-likeness (QED) is 0.437. The molecule has 0 unspecified atom stereocenters. The molecule has 36 heavy (non-hydrogen) atoms. The maximum absolute atomic E-state index is 12.8. The Kier molecular flexibility index (Phi) is 10.6. The van der Waals surface area contributed by atoms with Crippen molar-refractivity contribution in [3.63, 3.8) is 0 Å². The van der Waals surface area contributed by atoms with E-state index in [4.69, 9.17) is 9.47 Å². The van der Waals surface area contributed by atoms with Gasteiger partial charge in [0.15, 0.2) is 9.84 Å². The predicted octanol–water partition coefficient (Wildman–Crippen LogP) is 1.67. The summed E-state index contributed by atoms with van der Waals surface area (Å²) in [6.07, 6.45) is 4.42. The van der Waals surface area contributed by atoms with Crippen molar-refractivity contribution in [1.82, 2.24) is 20.0 Å². The summed E-state index contributed by atoms with van der Waals surface area (Å²) in [5.41, 5.74) is 1.33. The minimum absolute atomic E-state index is 0.0112. The molecule has 1 heterocycles. The third-order valence-electron chi connectivity index (χ3n) is 7.54. The van der Waals surface area contributed by atoms with Crippen LogP contribution in [0.15, 0.2) is 17.0 Å². The van der Waals surface area contributed by atoms with Crippen LogP contribution in [-0.2, 0) is 19.4 Å². The van der Waals surface area contributed by atoms with E-state index >= 15 is 0 Å². The molecule has 0 radical (unpaired) electrons. The lowest BCUT2D eigenvalue weighted by Gasteiger charge is -2.43. The normalized spacial score (nSPS) is 21.9. The summed E-state index contributed by atoms with van der Waals surface area (Å²) in [6, 6.07) is 4.26. The van der Waals surface area contributed by atoms with Gasteiger partial charge < -0.3 is 24.6 Å². The first kappa shape index (κ1) is 28.8. The van der Waals surface area contributed by atoms with Gasteiger partial charge in [-0.25, -0.2) is 8.42 Å². The van der Waals surface area contributed by atoms with Crippen LogP contribution >= 0.6 is 0 Å². The Hall–Kier alpha value is -1.72. The van der Waals surface area contributed by atoms with E-state index in [0.29, 0.717) is 34.4 Å². The van der Waals surface area contributed by atoms with Gasteiger partial charge in [-0.1, -0.05) is 0 Å². The first-order chi connectivity index (χ1) is 17.1. The van der Waals surface area contributed by atoms with Gasteiger partial charge in [-0.2, -0.15) is 0 Å². The second-order valence-electron chi connectivity index (χ2n) is 10.2. The Balaban J connectivity index is 1.38. The summed E-state index contributed by atoms with van der Waals surface area (Å²) >= 11 is 0. The number of benzene rings is 1. The van der Waals surface area contributed by atoms with Gasteiger partial charge in [-0.15, -0.1) is 0 Å². The van der Waals surface area contributed by atoms with Crippen LogP contribution in [0.3, 0.4) is 0 Å². The molecule has 10 heteroatoms. The number of rotatable bonds is 11. The minimum Gasteiger partial charge on any atom is -0.497 e. The molecule has 1 saturated heterocycles. The Morgan fingerprint density at radius 1 is 1.14 bits per heavy atom. The zero-order valence-electron chi connectivity index (χ0n) is 22.6. The van der Waals surface area contributed by atoms with Gasteiger partial charge in [0.1, 0.15) is 18.2 Å². The number of likely N-dealkylation sites (N-methyl/N-ethyl adjacent to an activating group) is 2. The highest BCUT2D eigenvalue weighted by Gasteiger charge is 2.31. The largest absolute Gasteiger partial charge is 0.497 e. The predicted molar refractivity (Wildman–Crippen MR) is 141 cm³/mol. The molecule has 0 spiro atoms. The number of piperazine rings is 1. The fraction of sp³-hybridized carbons (Fsp3) is 0.731. The van der Waals surface area contributed by atoms with Gasteiger partial charge in [-0.3, -0.25) is 9.69 Å². The molecule has 1 amide bonds. The minimum atomic E-state index is -3.50. The third kappa shape index (κ3) is 7.64. The molecule has 9 nitrogen and oxygen atoms in total. The van der Waals surface area contributed by atoms with E-state index in [1.807, 2.05) is 11.9 Å². The highest BCUT2D eigenvalue weighted by molar-refractivity contribution is 7.91. The van der Waals surface area contributed by atoms with Crippen LogP contribution < -0.4 is 10.1 Å². The molecule has 2 fully saturated rings. The standard InChI is InChI=1S/C26H44N4O5S/c1-20-15-24(34-5)16-21(2)26(20)36(32,33)19-27-9-14-35-18-25(31)29(4)22-7-6-8-23(17-22)30-12-10-28(3)11-13-30/h15-16,22-23,27H,6-14,17-19H2,1-5H3/t22-,23+/m0/s1. The Morgan fingerprint density at radius 2 is 1.81 bits per heavy atom. The van der Waals surface area contributed by atoms with E-state index in [0.717, 1.165) is 45.4 Å². The van der Waals surface area contributed by atoms with Crippen molar-refractivity contribution in [3.05, 3.63) is 23.3 Å². The molecule has 204 valence electrons. The highest BCUT2D eigenvalue weighted by atomic mass is 32.2. The number of methoxy groups -OCH3 is 1. The van der Waals surface area contributed by atoms with E-state index in [-0.39, 0.29) is 31.0 Å². The van der Waals surface area contributed by atoms with E-state index in [1.165, 1.54) is 6.42 Å². The Labute approximate surface area is 217 Å². The van der Waals surface area contributed by atoms with Crippen molar-refractivity contribution in [1.29, 1.82) is 0 Å². The molecular weight excluding hydrogens is 480 g/mol. The van der Waals surface area contributed by atoms with Gasteiger partial charge in [0.2, 0.25) is 5.91 Å².